The molecule has 0 aliphatic heterocycles. The summed E-state index contributed by atoms with van der Waals surface area (Å²) in [5.74, 6) is 0. The minimum Gasteiger partial charge on any atom is -0.239 e. The van der Waals surface area contributed by atoms with E-state index in [4.69, 9.17) is 46.4 Å². The summed E-state index contributed by atoms with van der Waals surface area (Å²) in [7, 11) is 0. The van der Waals surface area contributed by atoms with Crippen LogP contribution >= 0.6 is 58.2 Å². The van der Waals surface area contributed by atoms with Gasteiger partial charge < -0.3 is 0 Å². The molecule has 2 rings (SSSR count). The van der Waals surface area contributed by atoms with Gasteiger partial charge in [0.2, 0.25) is 0 Å². The molecule has 11 heteroatoms. The maximum absolute atomic E-state index is 12.7. The van der Waals surface area contributed by atoms with Crippen molar-refractivity contribution in [2.45, 2.75) is 11.2 Å². The molecule has 0 atom stereocenters. The minimum absolute atomic E-state index is 0.0450. The molecule has 0 aliphatic carbocycles. The van der Waals surface area contributed by atoms with Crippen molar-refractivity contribution in [2.75, 3.05) is 6.01 Å². The number of hydrogen-bond donors (Lipinski definition) is 0. The molecule has 0 aliphatic rings. The summed E-state index contributed by atoms with van der Waals surface area (Å²) in [6.07, 6.45) is -4.60. The highest BCUT2D eigenvalue weighted by molar-refractivity contribution is 7.99. The van der Waals surface area contributed by atoms with Crippen LogP contribution < -0.4 is 0 Å². The summed E-state index contributed by atoms with van der Waals surface area (Å²) in [6.45, 7) is 0. The van der Waals surface area contributed by atoms with E-state index in [2.05, 4.69) is 5.10 Å². The Morgan fingerprint density at radius 3 is 2.09 bits per heavy atom. The fourth-order valence-electron chi connectivity index (χ4n) is 1.58. The number of halogens is 8. The van der Waals surface area contributed by atoms with Gasteiger partial charge in [0.05, 0.1) is 15.6 Å². The molecule has 1 heterocycles. The number of hydrogen-bond acceptors (Lipinski definition) is 2. The Bertz CT molecular complexity index is 694. The van der Waals surface area contributed by atoms with Crippen LogP contribution in [0.1, 0.15) is 5.56 Å². The van der Waals surface area contributed by atoms with E-state index < -0.39 is 17.7 Å². The van der Waals surface area contributed by atoms with Gasteiger partial charge in [-0.25, -0.2) is 9.07 Å². The SMILES string of the molecule is FCSc1nn(-c2c(Cl)cc(C(F)(F)F)cc2Cl)c(Cl)c1Cl. The van der Waals surface area contributed by atoms with Crippen molar-refractivity contribution in [3.05, 3.63) is 37.9 Å². The molecular weight excluding hydrogens is 410 g/mol. The zero-order valence-corrected chi connectivity index (χ0v) is 14.0. The third-order valence-corrected chi connectivity index (χ3v) is 4.65. The van der Waals surface area contributed by atoms with Gasteiger partial charge in [0.25, 0.3) is 0 Å². The topological polar surface area (TPSA) is 17.8 Å². The normalized spacial score (nSPS) is 12.0. The molecule has 1 aromatic carbocycles. The molecule has 22 heavy (non-hydrogen) atoms. The molecule has 2 nitrogen and oxygen atoms in total. The quantitative estimate of drug-likeness (QED) is 0.420. The number of thioether (sulfide) groups is 1. The zero-order chi connectivity index (χ0) is 16.7. The molecule has 0 spiro atoms. The molecule has 0 saturated carbocycles. The molecule has 120 valence electrons. The van der Waals surface area contributed by atoms with Crippen LogP contribution in [0.4, 0.5) is 17.6 Å². The first-order chi connectivity index (χ1) is 10.2. The number of aromatic nitrogens is 2. The lowest BCUT2D eigenvalue weighted by atomic mass is 10.2. The Hall–Kier alpha value is -0.340. The first kappa shape index (κ1) is 18.0. The van der Waals surface area contributed by atoms with Gasteiger partial charge in [-0.2, -0.15) is 18.3 Å². The summed E-state index contributed by atoms with van der Waals surface area (Å²) < 4.78 is 51.4. The van der Waals surface area contributed by atoms with Crippen LogP contribution in [0.15, 0.2) is 17.2 Å². The maximum Gasteiger partial charge on any atom is 0.416 e. The average molecular weight is 414 g/mol. The van der Waals surface area contributed by atoms with E-state index in [9.17, 15) is 17.6 Å². The van der Waals surface area contributed by atoms with Crippen LogP contribution in [-0.2, 0) is 6.18 Å². The molecule has 0 unspecified atom stereocenters. The molecular formula is C11H4Cl4F4N2S. The third-order valence-electron chi connectivity index (χ3n) is 2.49. The van der Waals surface area contributed by atoms with E-state index in [1.54, 1.807) is 0 Å². The van der Waals surface area contributed by atoms with Crippen molar-refractivity contribution < 1.29 is 17.6 Å². The van der Waals surface area contributed by atoms with Gasteiger partial charge in [-0.15, -0.1) is 0 Å². The van der Waals surface area contributed by atoms with Crippen molar-refractivity contribution in [1.29, 1.82) is 0 Å². The Labute approximate surface area is 146 Å². The van der Waals surface area contributed by atoms with Gasteiger partial charge >= 0.3 is 6.18 Å². The van der Waals surface area contributed by atoms with Crippen LogP contribution in [0.2, 0.25) is 20.2 Å². The second-order valence-corrected chi connectivity index (χ2v) is 6.31. The van der Waals surface area contributed by atoms with Crippen LogP contribution in [0.25, 0.3) is 5.69 Å². The molecule has 0 radical (unpaired) electrons. The largest absolute Gasteiger partial charge is 0.416 e. The fourth-order valence-corrected chi connectivity index (χ4v) is 3.25. The monoisotopic (exact) mass is 412 g/mol. The van der Waals surface area contributed by atoms with Crippen molar-refractivity contribution >= 4 is 58.2 Å². The van der Waals surface area contributed by atoms with Crippen LogP contribution in [0.3, 0.4) is 0 Å². The van der Waals surface area contributed by atoms with E-state index in [0.717, 1.165) is 4.68 Å². The average Bonchev–Trinajstić information content (AvgIpc) is 2.66. The van der Waals surface area contributed by atoms with Gasteiger partial charge in [-0.05, 0) is 12.1 Å². The third kappa shape index (κ3) is 3.43. The van der Waals surface area contributed by atoms with Gasteiger partial charge in [0, 0.05) is 0 Å². The van der Waals surface area contributed by atoms with Gasteiger partial charge in [0.1, 0.15) is 21.7 Å². The van der Waals surface area contributed by atoms with Crippen molar-refractivity contribution in [3.63, 3.8) is 0 Å². The molecule has 0 amide bonds. The number of rotatable bonds is 3. The van der Waals surface area contributed by atoms with E-state index in [0.29, 0.717) is 23.9 Å². The first-order valence-electron chi connectivity index (χ1n) is 5.36. The maximum atomic E-state index is 12.7. The Morgan fingerprint density at radius 2 is 1.64 bits per heavy atom. The van der Waals surface area contributed by atoms with E-state index in [1.807, 2.05) is 0 Å². The predicted octanol–water partition coefficient (Wildman–Crippen LogP) is 6.52. The molecule has 0 saturated heterocycles. The summed E-state index contributed by atoms with van der Waals surface area (Å²) in [5.41, 5.74) is -1.09. The number of benzene rings is 1. The summed E-state index contributed by atoms with van der Waals surface area (Å²) in [6, 6.07) is 0.578. The Morgan fingerprint density at radius 1 is 1.09 bits per heavy atom. The predicted molar refractivity (Wildman–Crippen MR) is 80.4 cm³/mol. The van der Waals surface area contributed by atoms with Crippen LogP contribution in [-0.4, -0.2) is 15.8 Å². The van der Waals surface area contributed by atoms with E-state index >= 15 is 0 Å². The standard InChI is InChI=1S/C11H4Cl4F4N2S/c12-5-1-4(11(17,18)19)2-6(13)8(5)21-9(15)7(14)10(20-21)22-3-16/h1-2H,3H2. The summed E-state index contributed by atoms with van der Waals surface area (Å²) in [4.78, 5) is 0. The molecule has 2 aromatic rings. The highest BCUT2D eigenvalue weighted by Crippen LogP contribution is 2.41. The minimum atomic E-state index is -4.60. The lowest BCUT2D eigenvalue weighted by molar-refractivity contribution is -0.137. The molecule has 0 fully saturated rings. The van der Waals surface area contributed by atoms with Gasteiger partial charge in [-0.3, -0.25) is 0 Å². The lowest BCUT2D eigenvalue weighted by Gasteiger charge is -2.12. The lowest BCUT2D eigenvalue weighted by Crippen LogP contribution is -2.07. The highest BCUT2D eigenvalue weighted by atomic mass is 35.5. The first-order valence-corrected chi connectivity index (χ1v) is 7.86. The van der Waals surface area contributed by atoms with Crippen molar-refractivity contribution in [1.82, 2.24) is 9.78 Å². The number of alkyl halides is 4. The molecule has 0 N–H and O–H groups in total. The van der Waals surface area contributed by atoms with Gasteiger partial charge in [0.15, 0.2) is 5.15 Å². The molecule has 1 aromatic heterocycles. The summed E-state index contributed by atoms with van der Waals surface area (Å²) >= 11 is 24.2. The van der Waals surface area contributed by atoms with Crippen molar-refractivity contribution in [3.8, 4) is 5.69 Å². The second-order valence-electron chi connectivity index (χ2n) is 3.86. The Balaban J connectivity index is 2.61. The summed E-state index contributed by atoms with van der Waals surface area (Å²) in [5, 5.41) is 3.15. The van der Waals surface area contributed by atoms with Crippen molar-refractivity contribution in [2.24, 2.45) is 0 Å². The van der Waals surface area contributed by atoms with Gasteiger partial charge in [-0.1, -0.05) is 58.2 Å². The second kappa shape index (κ2) is 6.65. The number of nitrogens with zero attached hydrogens (tertiary/aromatic N) is 2. The Kier molecular flexibility index (Phi) is 5.44. The van der Waals surface area contributed by atoms with E-state index in [-0.39, 0.29) is 30.9 Å². The van der Waals surface area contributed by atoms with Crippen LogP contribution in [0, 0.1) is 0 Å². The fraction of sp³-hybridized carbons (Fsp3) is 0.182. The zero-order valence-electron chi connectivity index (χ0n) is 10.2. The van der Waals surface area contributed by atoms with Crippen LogP contribution in [0.5, 0.6) is 0 Å². The van der Waals surface area contributed by atoms with E-state index in [1.165, 1.54) is 0 Å². The highest BCUT2D eigenvalue weighted by Gasteiger charge is 2.32. The molecule has 0 bridgehead atoms. The smallest absolute Gasteiger partial charge is 0.239 e.